The maximum Gasteiger partial charge on any atom is 0.338 e. The zero-order valence-corrected chi connectivity index (χ0v) is 16.2. The van der Waals surface area contributed by atoms with Crippen molar-refractivity contribution in [1.29, 1.82) is 0 Å². The fourth-order valence-corrected chi connectivity index (χ4v) is 3.07. The number of hydrogen-bond donors (Lipinski definition) is 1. The van der Waals surface area contributed by atoms with E-state index in [2.05, 4.69) is 21.6 Å². The van der Waals surface area contributed by atoms with Gasteiger partial charge in [0.2, 0.25) is 0 Å². The van der Waals surface area contributed by atoms with E-state index in [1.165, 1.54) is 0 Å². The first-order chi connectivity index (χ1) is 14.2. The predicted octanol–water partition coefficient (Wildman–Crippen LogP) is 4.29. The lowest BCUT2D eigenvalue weighted by atomic mass is 10.1. The van der Waals surface area contributed by atoms with Crippen molar-refractivity contribution in [1.82, 2.24) is 19.6 Å². The summed E-state index contributed by atoms with van der Waals surface area (Å²) < 4.78 is 8.67. The van der Waals surface area contributed by atoms with Crippen molar-refractivity contribution < 1.29 is 9.53 Å². The van der Waals surface area contributed by atoms with Gasteiger partial charge >= 0.3 is 5.97 Å². The zero-order chi connectivity index (χ0) is 20.2. The highest BCUT2D eigenvalue weighted by Gasteiger charge is 2.14. The van der Waals surface area contributed by atoms with Crippen LogP contribution >= 0.6 is 0 Å². The Bertz CT molecular complexity index is 1120. The number of nitrogens with one attached hydrogen (secondary N) is 1. The fourth-order valence-electron chi connectivity index (χ4n) is 3.07. The number of aryl methyl sites for hydroxylation is 1. The molecule has 146 valence electrons. The molecule has 0 aliphatic heterocycles. The standard InChI is InChI=1S/C22H21N5O2/c1-3-29-22(28)17-7-9-19(21(15-17)27-13-5-11-24-27)25-18-8-6-16(2)14-20(18)26-12-4-10-23-26/h4-15,25H,3H2,1-2H3. The highest BCUT2D eigenvalue weighted by Crippen LogP contribution is 2.29. The second-order valence-electron chi connectivity index (χ2n) is 6.50. The molecule has 2 heterocycles. The molecule has 2 aromatic carbocycles. The van der Waals surface area contributed by atoms with E-state index in [0.29, 0.717) is 12.2 Å². The van der Waals surface area contributed by atoms with Crippen LogP contribution in [0, 0.1) is 6.92 Å². The Morgan fingerprint density at radius 2 is 1.59 bits per heavy atom. The monoisotopic (exact) mass is 387 g/mol. The van der Waals surface area contributed by atoms with Gasteiger partial charge < -0.3 is 10.1 Å². The molecule has 0 amide bonds. The van der Waals surface area contributed by atoms with Crippen LogP contribution in [0.5, 0.6) is 0 Å². The number of ether oxygens (including phenoxy) is 1. The van der Waals surface area contributed by atoms with Gasteiger partial charge in [-0.05, 0) is 61.9 Å². The SMILES string of the molecule is CCOC(=O)c1ccc(Nc2ccc(C)cc2-n2cccn2)c(-n2cccn2)c1. The Hall–Kier alpha value is -3.87. The molecule has 0 aliphatic rings. The van der Waals surface area contributed by atoms with Gasteiger partial charge in [-0.25, -0.2) is 14.2 Å². The molecule has 4 rings (SSSR count). The van der Waals surface area contributed by atoms with Crippen molar-refractivity contribution in [2.24, 2.45) is 0 Å². The van der Waals surface area contributed by atoms with Gasteiger partial charge in [-0.2, -0.15) is 10.2 Å². The van der Waals surface area contributed by atoms with Crippen LogP contribution < -0.4 is 5.32 Å². The van der Waals surface area contributed by atoms with Crippen LogP contribution in [0.4, 0.5) is 11.4 Å². The maximum atomic E-state index is 12.2. The van der Waals surface area contributed by atoms with E-state index in [4.69, 9.17) is 4.74 Å². The molecule has 0 saturated carbocycles. The molecule has 4 aromatic rings. The summed E-state index contributed by atoms with van der Waals surface area (Å²) in [4.78, 5) is 12.2. The first-order valence-corrected chi connectivity index (χ1v) is 9.34. The van der Waals surface area contributed by atoms with Crippen LogP contribution in [0.1, 0.15) is 22.8 Å². The van der Waals surface area contributed by atoms with E-state index in [-0.39, 0.29) is 5.97 Å². The van der Waals surface area contributed by atoms with Gasteiger partial charge in [0.15, 0.2) is 0 Å². The van der Waals surface area contributed by atoms with Gasteiger partial charge in [-0.15, -0.1) is 0 Å². The fraction of sp³-hybridized carbons (Fsp3) is 0.136. The topological polar surface area (TPSA) is 74.0 Å². The van der Waals surface area contributed by atoms with E-state index in [1.54, 1.807) is 36.1 Å². The number of nitrogens with zero attached hydrogens (tertiary/aromatic N) is 4. The van der Waals surface area contributed by atoms with Gasteiger partial charge in [0.05, 0.1) is 34.9 Å². The third-order valence-corrected chi connectivity index (χ3v) is 4.43. The minimum atomic E-state index is -0.361. The van der Waals surface area contributed by atoms with E-state index < -0.39 is 0 Å². The average Bonchev–Trinajstić information content (AvgIpc) is 3.44. The Morgan fingerprint density at radius 1 is 0.966 bits per heavy atom. The molecule has 7 nitrogen and oxygen atoms in total. The molecule has 0 bridgehead atoms. The molecule has 2 aromatic heterocycles. The van der Waals surface area contributed by atoms with Gasteiger partial charge in [0, 0.05) is 24.8 Å². The summed E-state index contributed by atoms with van der Waals surface area (Å²) in [6.07, 6.45) is 7.18. The van der Waals surface area contributed by atoms with Crippen molar-refractivity contribution in [2.75, 3.05) is 11.9 Å². The van der Waals surface area contributed by atoms with Gasteiger partial charge in [-0.1, -0.05) is 6.07 Å². The van der Waals surface area contributed by atoms with Crippen LogP contribution in [0.15, 0.2) is 73.3 Å². The quantitative estimate of drug-likeness (QED) is 0.500. The number of esters is 1. The molecule has 7 heteroatoms. The van der Waals surface area contributed by atoms with E-state index in [0.717, 1.165) is 28.3 Å². The molecule has 1 N–H and O–H groups in total. The largest absolute Gasteiger partial charge is 0.462 e. The highest BCUT2D eigenvalue weighted by molar-refractivity contribution is 5.91. The highest BCUT2D eigenvalue weighted by atomic mass is 16.5. The summed E-state index contributed by atoms with van der Waals surface area (Å²) in [7, 11) is 0. The third-order valence-electron chi connectivity index (χ3n) is 4.43. The number of carbonyl (C=O) groups is 1. The second kappa shape index (κ2) is 8.02. The second-order valence-corrected chi connectivity index (χ2v) is 6.50. The van der Waals surface area contributed by atoms with Crippen LogP contribution in [0.2, 0.25) is 0 Å². The smallest absolute Gasteiger partial charge is 0.338 e. The molecule has 0 radical (unpaired) electrons. The Labute approximate surface area is 168 Å². The molecule has 0 unspecified atom stereocenters. The minimum Gasteiger partial charge on any atom is -0.462 e. The minimum absolute atomic E-state index is 0.326. The zero-order valence-electron chi connectivity index (χ0n) is 16.2. The summed E-state index contributed by atoms with van der Waals surface area (Å²) in [5, 5.41) is 12.2. The lowest BCUT2D eigenvalue weighted by Crippen LogP contribution is -2.08. The normalized spacial score (nSPS) is 10.7. The lowest BCUT2D eigenvalue weighted by molar-refractivity contribution is 0.0526. The van der Waals surface area contributed by atoms with E-state index in [9.17, 15) is 4.79 Å². The van der Waals surface area contributed by atoms with Crippen LogP contribution in [0.25, 0.3) is 11.4 Å². The van der Waals surface area contributed by atoms with E-state index in [1.807, 2.05) is 54.3 Å². The number of aromatic nitrogens is 4. The first-order valence-electron chi connectivity index (χ1n) is 9.34. The predicted molar refractivity (Wildman–Crippen MR) is 111 cm³/mol. The van der Waals surface area contributed by atoms with Gasteiger partial charge in [0.25, 0.3) is 0 Å². The molecule has 0 atom stereocenters. The molecule has 0 spiro atoms. The lowest BCUT2D eigenvalue weighted by Gasteiger charge is -2.17. The average molecular weight is 387 g/mol. The number of carbonyl (C=O) groups excluding carboxylic acids is 1. The molecular weight excluding hydrogens is 366 g/mol. The summed E-state index contributed by atoms with van der Waals surface area (Å²) in [5.41, 5.74) is 4.96. The molecule has 0 saturated heterocycles. The van der Waals surface area contributed by atoms with Crippen molar-refractivity contribution in [3.8, 4) is 11.4 Å². The number of hydrogen-bond acceptors (Lipinski definition) is 5. The van der Waals surface area contributed by atoms with Crippen molar-refractivity contribution in [2.45, 2.75) is 13.8 Å². The summed E-state index contributed by atoms with van der Waals surface area (Å²) >= 11 is 0. The first kappa shape index (κ1) is 18.5. The molecule has 0 fully saturated rings. The Morgan fingerprint density at radius 3 is 2.17 bits per heavy atom. The molecular formula is C22H21N5O2. The Kier molecular flexibility index (Phi) is 5.11. The van der Waals surface area contributed by atoms with Crippen molar-refractivity contribution in [3.63, 3.8) is 0 Å². The molecule has 29 heavy (non-hydrogen) atoms. The van der Waals surface area contributed by atoms with Crippen LogP contribution in [-0.4, -0.2) is 32.1 Å². The molecule has 0 aliphatic carbocycles. The number of rotatable bonds is 6. The Balaban J connectivity index is 1.77. The summed E-state index contributed by atoms with van der Waals surface area (Å²) in [5.74, 6) is -0.361. The summed E-state index contributed by atoms with van der Waals surface area (Å²) in [6.45, 7) is 4.16. The van der Waals surface area contributed by atoms with Crippen molar-refractivity contribution >= 4 is 17.3 Å². The van der Waals surface area contributed by atoms with Gasteiger partial charge in [0.1, 0.15) is 0 Å². The van der Waals surface area contributed by atoms with Crippen molar-refractivity contribution in [3.05, 3.63) is 84.4 Å². The van der Waals surface area contributed by atoms with Gasteiger partial charge in [-0.3, -0.25) is 0 Å². The number of anilines is 2. The number of benzene rings is 2. The summed E-state index contributed by atoms with van der Waals surface area (Å²) in [6, 6.07) is 15.2. The van der Waals surface area contributed by atoms with E-state index >= 15 is 0 Å². The maximum absolute atomic E-state index is 12.2. The van der Waals surface area contributed by atoms with Crippen LogP contribution in [-0.2, 0) is 4.74 Å². The third kappa shape index (κ3) is 3.89. The van der Waals surface area contributed by atoms with Crippen LogP contribution in [0.3, 0.4) is 0 Å².